The van der Waals surface area contributed by atoms with Crippen molar-refractivity contribution in [3.05, 3.63) is 58.4 Å². The van der Waals surface area contributed by atoms with Gasteiger partial charge in [-0.1, -0.05) is 30.7 Å². The lowest BCUT2D eigenvalue weighted by molar-refractivity contribution is 0.420. The van der Waals surface area contributed by atoms with Crippen LogP contribution in [0.25, 0.3) is 11.3 Å². The molecule has 86 valence electrons. The van der Waals surface area contributed by atoms with Crippen LogP contribution < -0.4 is 5.56 Å². The van der Waals surface area contributed by atoms with Crippen molar-refractivity contribution in [1.82, 2.24) is 4.98 Å². The number of benzene rings is 1. The van der Waals surface area contributed by atoms with E-state index in [1.54, 1.807) is 12.1 Å². The molecule has 1 aliphatic carbocycles. The van der Waals surface area contributed by atoms with Crippen LogP contribution in [-0.4, -0.2) is 4.98 Å². The van der Waals surface area contributed by atoms with E-state index in [1.807, 2.05) is 12.1 Å². The second-order valence-corrected chi connectivity index (χ2v) is 4.68. The summed E-state index contributed by atoms with van der Waals surface area (Å²) in [7, 11) is 0. The Bertz CT molecular complexity index is 581. The molecule has 0 spiro atoms. The first-order valence-corrected chi connectivity index (χ1v) is 6.12. The van der Waals surface area contributed by atoms with Gasteiger partial charge in [-0.2, -0.15) is 0 Å². The van der Waals surface area contributed by atoms with Gasteiger partial charge in [0.05, 0.1) is 0 Å². The quantitative estimate of drug-likeness (QED) is 0.835. The van der Waals surface area contributed by atoms with Gasteiger partial charge < -0.3 is 4.98 Å². The van der Waals surface area contributed by atoms with E-state index in [9.17, 15) is 4.79 Å². The molecule has 1 aromatic heterocycles. The van der Waals surface area contributed by atoms with E-state index in [0.717, 1.165) is 17.2 Å². The van der Waals surface area contributed by atoms with Gasteiger partial charge >= 0.3 is 0 Å². The third kappa shape index (κ3) is 2.03. The lowest BCUT2D eigenvalue weighted by Crippen LogP contribution is -2.09. The highest BCUT2D eigenvalue weighted by Gasteiger charge is 2.19. The zero-order valence-electron chi connectivity index (χ0n) is 9.65. The molecule has 0 unspecified atom stereocenters. The Morgan fingerprint density at radius 1 is 1.06 bits per heavy atom. The third-order valence-electron chi connectivity index (χ3n) is 3.54. The van der Waals surface area contributed by atoms with Crippen LogP contribution in [0.15, 0.2) is 47.3 Å². The van der Waals surface area contributed by atoms with Crippen LogP contribution in [0.2, 0.25) is 0 Å². The van der Waals surface area contributed by atoms with Gasteiger partial charge in [0, 0.05) is 11.8 Å². The minimum absolute atomic E-state index is 0.0449. The highest BCUT2D eigenvalue weighted by molar-refractivity contribution is 5.60. The molecule has 1 heterocycles. The van der Waals surface area contributed by atoms with Crippen LogP contribution in [0.5, 0.6) is 0 Å². The maximum atomic E-state index is 11.3. The maximum absolute atomic E-state index is 11.3. The number of hydrogen-bond donors (Lipinski definition) is 1. The van der Waals surface area contributed by atoms with Crippen molar-refractivity contribution in [1.29, 1.82) is 0 Å². The lowest BCUT2D eigenvalue weighted by atomic mass is 9.79. The molecule has 0 bridgehead atoms. The summed E-state index contributed by atoms with van der Waals surface area (Å²) in [4.78, 5) is 14.2. The van der Waals surface area contributed by atoms with Crippen molar-refractivity contribution in [3.8, 4) is 11.3 Å². The largest absolute Gasteiger partial charge is 0.322 e. The van der Waals surface area contributed by atoms with Crippen molar-refractivity contribution < 1.29 is 0 Å². The van der Waals surface area contributed by atoms with Gasteiger partial charge in [0.25, 0.3) is 0 Å². The first-order chi connectivity index (χ1) is 8.33. The Balaban J connectivity index is 2.00. The summed E-state index contributed by atoms with van der Waals surface area (Å²) in [6, 6.07) is 13.8. The van der Waals surface area contributed by atoms with E-state index >= 15 is 0 Å². The molecule has 0 aliphatic heterocycles. The van der Waals surface area contributed by atoms with Crippen LogP contribution in [0.3, 0.4) is 0 Å². The molecule has 1 aromatic carbocycles. The van der Waals surface area contributed by atoms with Crippen LogP contribution in [-0.2, 0) is 0 Å². The Labute approximate surface area is 100 Å². The molecule has 1 fully saturated rings. The predicted molar refractivity (Wildman–Crippen MR) is 69.1 cm³/mol. The molecule has 2 nitrogen and oxygen atoms in total. The normalized spacial score (nSPS) is 15.5. The van der Waals surface area contributed by atoms with Crippen LogP contribution in [0.1, 0.15) is 30.7 Å². The zero-order chi connectivity index (χ0) is 11.7. The molecule has 2 aromatic rings. The molecule has 0 atom stereocenters. The van der Waals surface area contributed by atoms with Gasteiger partial charge in [-0.15, -0.1) is 0 Å². The molecule has 2 heteroatoms. The second kappa shape index (κ2) is 4.21. The van der Waals surface area contributed by atoms with Crippen molar-refractivity contribution >= 4 is 0 Å². The van der Waals surface area contributed by atoms with Crippen molar-refractivity contribution in [2.75, 3.05) is 0 Å². The Morgan fingerprint density at radius 2 is 1.88 bits per heavy atom. The number of hydrogen-bond acceptors (Lipinski definition) is 1. The minimum atomic E-state index is -0.0449. The molecule has 0 amide bonds. The third-order valence-corrected chi connectivity index (χ3v) is 3.54. The highest BCUT2D eigenvalue weighted by Crippen LogP contribution is 2.37. The smallest absolute Gasteiger partial charge is 0.248 e. The van der Waals surface area contributed by atoms with Crippen molar-refractivity contribution in [3.63, 3.8) is 0 Å². The fourth-order valence-corrected chi connectivity index (χ4v) is 2.32. The van der Waals surface area contributed by atoms with E-state index in [-0.39, 0.29) is 5.56 Å². The summed E-state index contributed by atoms with van der Waals surface area (Å²) in [5.74, 6) is 0.727. The molecular weight excluding hydrogens is 210 g/mol. The molecule has 0 radical (unpaired) electrons. The van der Waals surface area contributed by atoms with Crippen molar-refractivity contribution in [2.45, 2.75) is 25.2 Å². The Morgan fingerprint density at radius 3 is 2.59 bits per heavy atom. The zero-order valence-corrected chi connectivity index (χ0v) is 9.65. The van der Waals surface area contributed by atoms with E-state index in [1.165, 1.54) is 24.8 Å². The Kier molecular flexibility index (Phi) is 2.56. The number of H-pyrrole nitrogens is 1. The fraction of sp³-hybridized carbons (Fsp3) is 0.267. The molecule has 0 saturated heterocycles. The topological polar surface area (TPSA) is 32.9 Å². The summed E-state index contributed by atoms with van der Waals surface area (Å²) in [5, 5.41) is 0. The second-order valence-electron chi connectivity index (χ2n) is 4.68. The first kappa shape index (κ1) is 10.3. The number of aromatic amines is 1. The van der Waals surface area contributed by atoms with Gasteiger partial charge in [-0.3, -0.25) is 4.79 Å². The van der Waals surface area contributed by atoms with Gasteiger partial charge in [0.15, 0.2) is 0 Å². The average Bonchev–Trinajstić information content (AvgIpc) is 2.27. The maximum Gasteiger partial charge on any atom is 0.248 e. The lowest BCUT2D eigenvalue weighted by Gasteiger charge is -2.26. The van der Waals surface area contributed by atoms with Crippen molar-refractivity contribution in [2.24, 2.45) is 0 Å². The number of rotatable bonds is 2. The monoisotopic (exact) mass is 225 g/mol. The number of nitrogens with one attached hydrogen (secondary N) is 1. The highest BCUT2D eigenvalue weighted by atomic mass is 16.1. The van der Waals surface area contributed by atoms with Crippen LogP contribution in [0.4, 0.5) is 0 Å². The minimum Gasteiger partial charge on any atom is -0.322 e. The molecule has 17 heavy (non-hydrogen) atoms. The molecule has 1 saturated carbocycles. The first-order valence-electron chi connectivity index (χ1n) is 6.12. The standard InChI is InChI=1S/C15H15NO/c17-15-9-3-8-14(16-15)13-7-2-6-12(10-13)11-4-1-5-11/h2-3,6-11H,1,4-5H2,(H,16,17). The summed E-state index contributed by atoms with van der Waals surface area (Å²) < 4.78 is 0. The molecular formula is C15H15NO. The summed E-state index contributed by atoms with van der Waals surface area (Å²) in [6.45, 7) is 0. The molecule has 3 rings (SSSR count). The van der Waals surface area contributed by atoms with E-state index in [4.69, 9.17) is 0 Å². The average molecular weight is 225 g/mol. The Hall–Kier alpha value is -1.83. The van der Waals surface area contributed by atoms with E-state index in [2.05, 4.69) is 23.2 Å². The van der Waals surface area contributed by atoms with Crippen LogP contribution >= 0.6 is 0 Å². The summed E-state index contributed by atoms with van der Waals surface area (Å²) in [6.07, 6.45) is 3.95. The molecule has 1 N–H and O–H groups in total. The van der Waals surface area contributed by atoms with Gasteiger partial charge in [0.2, 0.25) is 5.56 Å². The van der Waals surface area contributed by atoms with E-state index < -0.39 is 0 Å². The SMILES string of the molecule is O=c1cccc(-c2cccc(C3CCC3)c2)[nH]1. The van der Waals surface area contributed by atoms with Crippen LogP contribution in [0, 0.1) is 0 Å². The van der Waals surface area contributed by atoms with Gasteiger partial charge in [-0.25, -0.2) is 0 Å². The predicted octanol–water partition coefficient (Wildman–Crippen LogP) is 3.31. The number of pyridine rings is 1. The summed E-state index contributed by atoms with van der Waals surface area (Å²) >= 11 is 0. The fourth-order valence-electron chi connectivity index (χ4n) is 2.32. The van der Waals surface area contributed by atoms with Gasteiger partial charge in [-0.05, 0) is 42.0 Å². The summed E-state index contributed by atoms with van der Waals surface area (Å²) in [5.41, 5.74) is 3.36. The van der Waals surface area contributed by atoms with E-state index in [0.29, 0.717) is 0 Å². The molecule has 1 aliphatic rings. The number of aromatic nitrogens is 1. The van der Waals surface area contributed by atoms with Gasteiger partial charge in [0.1, 0.15) is 0 Å².